The monoisotopic (exact) mass is 234 g/mol. The number of aryl methyl sites for hydroxylation is 1. The van der Waals surface area contributed by atoms with Gasteiger partial charge in [-0.3, -0.25) is 5.10 Å². The van der Waals surface area contributed by atoms with Gasteiger partial charge in [-0.2, -0.15) is 5.10 Å². The summed E-state index contributed by atoms with van der Waals surface area (Å²) in [6, 6.07) is 0.121. The van der Waals surface area contributed by atoms with Crippen molar-refractivity contribution in [2.45, 2.75) is 32.4 Å². The molecule has 6 heteroatoms. The number of hydrogen-bond acceptors (Lipinski definition) is 4. The van der Waals surface area contributed by atoms with E-state index in [0.29, 0.717) is 0 Å². The van der Waals surface area contributed by atoms with Crippen molar-refractivity contribution in [2.75, 3.05) is 7.05 Å². The van der Waals surface area contributed by atoms with E-state index in [0.717, 1.165) is 31.0 Å². The van der Waals surface area contributed by atoms with Gasteiger partial charge in [-0.25, -0.2) is 9.97 Å². The number of likely N-dealkylation sites (N-methyl/N-ethyl adjacent to an activating group) is 1. The molecule has 0 aromatic carbocycles. The van der Waals surface area contributed by atoms with Crippen molar-refractivity contribution in [2.24, 2.45) is 0 Å². The minimum absolute atomic E-state index is 0.121. The highest BCUT2D eigenvalue weighted by Crippen LogP contribution is 2.13. The Kier molecular flexibility index (Phi) is 3.87. The van der Waals surface area contributed by atoms with E-state index in [-0.39, 0.29) is 6.04 Å². The maximum atomic E-state index is 4.39. The first kappa shape index (κ1) is 11.8. The highest BCUT2D eigenvalue weighted by molar-refractivity contribution is 5.01. The molecule has 2 N–H and O–H groups in total. The van der Waals surface area contributed by atoms with Gasteiger partial charge in [0.1, 0.15) is 18.0 Å². The Morgan fingerprint density at radius 1 is 1.47 bits per heavy atom. The number of nitrogens with zero attached hydrogens (tertiary/aromatic N) is 4. The lowest BCUT2D eigenvalue weighted by molar-refractivity contribution is 0.522. The molecule has 0 aliphatic rings. The molecular formula is C11H18N6. The molecule has 0 fully saturated rings. The lowest BCUT2D eigenvalue weighted by Gasteiger charge is -2.14. The molecule has 0 amide bonds. The Bertz CT molecular complexity index is 433. The first-order chi connectivity index (χ1) is 8.35. The molecule has 6 nitrogen and oxygen atoms in total. The Labute approximate surface area is 100 Å². The molecule has 0 aliphatic carbocycles. The largest absolute Gasteiger partial charge is 0.335 e. The molecule has 0 radical (unpaired) electrons. The van der Waals surface area contributed by atoms with Crippen LogP contribution in [0, 0.1) is 0 Å². The van der Waals surface area contributed by atoms with Crippen LogP contribution in [0.4, 0.5) is 0 Å². The van der Waals surface area contributed by atoms with E-state index in [2.05, 4.69) is 37.0 Å². The number of nitrogens with one attached hydrogen (secondary N) is 2. The number of hydrogen-bond donors (Lipinski definition) is 2. The van der Waals surface area contributed by atoms with Crippen LogP contribution in [0.15, 0.2) is 18.7 Å². The van der Waals surface area contributed by atoms with Crippen LogP contribution in [0.5, 0.6) is 0 Å². The average molecular weight is 234 g/mol. The van der Waals surface area contributed by atoms with Crippen molar-refractivity contribution in [1.29, 1.82) is 0 Å². The number of H-pyrrole nitrogens is 1. The Morgan fingerprint density at radius 3 is 3.00 bits per heavy atom. The summed E-state index contributed by atoms with van der Waals surface area (Å²) in [5.41, 5.74) is 0. The molecule has 92 valence electrons. The van der Waals surface area contributed by atoms with Crippen molar-refractivity contribution < 1.29 is 0 Å². The summed E-state index contributed by atoms with van der Waals surface area (Å²) in [5, 5.41) is 9.99. The topological polar surface area (TPSA) is 71.4 Å². The summed E-state index contributed by atoms with van der Waals surface area (Å²) >= 11 is 0. The minimum Gasteiger partial charge on any atom is -0.335 e. The van der Waals surface area contributed by atoms with E-state index in [1.54, 1.807) is 0 Å². The lowest BCUT2D eigenvalue weighted by atomic mass is 10.2. The zero-order chi connectivity index (χ0) is 12.1. The molecule has 1 atom stereocenters. The van der Waals surface area contributed by atoms with Crippen molar-refractivity contribution in [3.8, 4) is 0 Å². The van der Waals surface area contributed by atoms with Gasteiger partial charge in [0.2, 0.25) is 0 Å². The van der Waals surface area contributed by atoms with E-state index in [4.69, 9.17) is 0 Å². The smallest absolute Gasteiger partial charge is 0.141 e. The zero-order valence-corrected chi connectivity index (χ0v) is 10.2. The van der Waals surface area contributed by atoms with E-state index in [9.17, 15) is 0 Å². The van der Waals surface area contributed by atoms with Gasteiger partial charge < -0.3 is 9.88 Å². The van der Waals surface area contributed by atoms with E-state index in [1.165, 1.54) is 6.33 Å². The number of aromatic nitrogens is 5. The molecule has 2 rings (SSSR count). The fraction of sp³-hybridized carbons (Fsp3) is 0.545. The predicted molar refractivity (Wildman–Crippen MR) is 64.4 cm³/mol. The van der Waals surface area contributed by atoms with Gasteiger partial charge in [0.25, 0.3) is 0 Å². The lowest BCUT2D eigenvalue weighted by Crippen LogP contribution is -2.22. The first-order valence-electron chi connectivity index (χ1n) is 5.87. The summed E-state index contributed by atoms with van der Waals surface area (Å²) in [7, 11) is 1.92. The third-order valence-electron chi connectivity index (χ3n) is 2.77. The second kappa shape index (κ2) is 5.58. The van der Waals surface area contributed by atoms with Crippen LogP contribution >= 0.6 is 0 Å². The molecule has 0 saturated carbocycles. The normalized spacial score (nSPS) is 12.8. The maximum absolute atomic E-state index is 4.39. The summed E-state index contributed by atoms with van der Waals surface area (Å²) in [4.78, 5) is 8.57. The van der Waals surface area contributed by atoms with Crippen LogP contribution < -0.4 is 5.32 Å². The first-order valence-corrected chi connectivity index (χ1v) is 5.87. The fourth-order valence-corrected chi connectivity index (χ4v) is 1.88. The van der Waals surface area contributed by atoms with Crippen LogP contribution in [-0.4, -0.2) is 31.8 Å². The Morgan fingerprint density at radius 2 is 2.35 bits per heavy atom. The van der Waals surface area contributed by atoms with Crippen LogP contribution in [-0.2, 0) is 13.0 Å². The summed E-state index contributed by atoms with van der Waals surface area (Å²) < 4.78 is 2.18. The standard InChI is InChI=1S/C11H18N6/c1-3-5-17-6-4-13-10(17)7-9(12-2)11-14-8-15-16-11/h4,6,8-9,12H,3,5,7H2,1-2H3,(H,14,15,16). The predicted octanol–water partition coefficient (Wildman–Crippen LogP) is 0.914. The van der Waals surface area contributed by atoms with Crippen LogP contribution in [0.25, 0.3) is 0 Å². The van der Waals surface area contributed by atoms with Crippen LogP contribution in [0.2, 0.25) is 0 Å². The molecule has 0 bridgehead atoms. The molecule has 2 aromatic rings. The van der Waals surface area contributed by atoms with E-state index >= 15 is 0 Å². The van der Waals surface area contributed by atoms with Gasteiger partial charge in [0.05, 0.1) is 6.04 Å². The third-order valence-corrected chi connectivity index (χ3v) is 2.77. The maximum Gasteiger partial charge on any atom is 0.141 e. The van der Waals surface area contributed by atoms with Crippen LogP contribution in [0.1, 0.15) is 31.0 Å². The average Bonchev–Trinajstić information content (AvgIpc) is 2.97. The van der Waals surface area contributed by atoms with Gasteiger partial charge in [-0.15, -0.1) is 0 Å². The van der Waals surface area contributed by atoms with Crippen LogP contribution in [0.3, 0.4) is 0 Å². The van der Waals surface area contributed by atoms with Gasteiger partial charge >= 0.3 is 0 Å². The number of aromatic amines is 1. The van der Waals surface area contributed by atoms with Crippen molar-refractivity contribution >= 4 is 0 Å². The molecule has 2 aromatic heterocycles. The molecule has 2 heterocycles. The van der Waals surface area contributed by atoms with E-state index in [1.807, 2.05) is 19.4 Å². The van der Waals surface area contributed by atoms with Crippen molar-refractivity contribution in [3.05, 3.63) is 30.4 Å². The summed E-state index contributed by atoms with van der Waals surface area (Å²) in [6.45, 7) is 3.16. The quantitative estimate of drug-likeness (QED) is 0.779. The third kappa shape index (κ3) is 2.71. The number of imidazole rings is 1. The Balaban J connectivity index is 2.10. The molecule has 0 aliphatic heterocycles. The van der Waals surface area contributed by atoms with Gasteiger partial charge in [-0.05, 0) is 13.5 Å². The second-order valence-corrected chi connectivity index (χ2v) is 3.95. The molecule has 17 heavy (non-hydrogen) atoms. The SMILES string of the molecule is CCCn1ccnc1CC(NC)c1ncn[nH]1. The molecule has 1 unspecified atom stereocenters. The molecule has 0 saturated heterocycles. The Hall–Kier alpha value is -1.69. The number of rotatable bonds is 6. The fourth-order valence-electron chi connectivity index (χ4n) is 1.88. The van der Waals surface area contributed by atoms with Crippen molar-refractivity contribution in [3.63, 3.8) is 0 Å². The molecular weight excluding hydrogens is 216 g/mol. The van der Waals surface area contributed by atoms with E-state index < -0.39 is 0 Å². The highest BCUT2D eigenvalue weighted by atomic mass is 15.2. The minimum atomic E-state index is 0.121. The summed E-state index contributed by atoms with van der Waals surface area (Å²) in [6.07, 6.45) is 7.30. The van der Waals surface area contributed by atoms with Gasteiger partial charge in [0, 0.05) is 25.4 Å². The van der Waals surface area contributed by atoms with Gasteiger partial charge in [-0.1, -0.05) is 6.92 Å². The second-order valence-electron chi connectivity index (χ2n) is 3.95. The highest BCUT2D eigenvalue weighted by Gasteiger charge is 2.15. The zero-order valence-electron chi connectivity index (χ0n) is 10.2. The van der Waals surface area contributed by atoms with Gasteiger partial charge in [0.15, 0.2) is 0 Å². The summed E-state index contributed by atoms with van der Waals surface area (Å²) in [5.74, 6) is 1.92. The van der Waals surface area contributed by atoms with Crippen molar-refractivity contribution in [1.82, 2.24) is 30.0 Å². The molecule has 0 spiro atoms.